The third kappa shape index (κ3) is 4.61. The molecule has 0 fully saturated rings. The molecular weight excluding hydrogens is 330 g/mol. The van der Waals surface area contributed by atoms with Gasteiger partial charge < -0.3 is 19.1 Å². The summed E-state index contributed by atoms with van der Waals surface area (Å²) in [6.07, 6.45) is 4.11. The number of carboxylic acid groups (broad SMARTS) is 1. The molecule has 6 heteroatoms. The molecule has 2 aromatic heterocycles. The number of ether oxygens (including phenoxy) is 1. The average molecular weight is 353 g/mol. The zero-order chi connectivity index (χ0) is 18.5. The lowest BCUT2D eigenvalue weighted by Gasteiger charge is -2.15. The summed E-state index contributed by atoms with van der Waals surface area (Å²) in [5, 5.41) is 8.73. The summed E-state index contributed by atoms with van der Waals surface area (Å²) in [7, 11) is 1.92. The Hall–Kier alpha value is -2.86. The molecule has 3 rings (SSSR count). The minimum absolute atomic E-state index is 0.149. The molecule has 0 saturated heterocycles. The molecule has 0 aliphatic carbocycles. The Morgan fingerprint density at radius 3 is 2.73 bits per heavy atom. The van der Waals surface area contributed by atoms with Crippen molar-refractivity contribution in [3.8, 4) is 5.75 Å². The highest BCUT2D eigenvalue weighted by atomic mass is 16.5. The number of aromatic nitrogens is 2. The molecule has 6 nitrogen and oxygen atoms in total. The van der Waals surface area contributed by atoms with Crippen LogP contribution in [0.5, 0.6) is 5.75 Å². The molecule has 0 bridgehead atoms. The van der Waals surface area contributed by atoms with Crippen LogP contribution in [0.3, 0.4) is 0 Å². The van der Waals surface area contributed by atoms with Crippen molar-refractivity contribution in [1.82, 2.24) is 14.3 Å². The van der Waals surface area contributed by atoms with E-state index in [4.69, 9.17) is 9.84 Å². The van der Waals surface area contributed by atoms with E-state index in [1.54, 1.807) is 0 Å². The van der Waals surface area contributed by atoms with Crippen molar-refractivity contribution in [3.63, 3.8) is 0 Å². The molecule has 26 heavy (non-hydrogen) atoms. The van der Waals surface area contributed by atoms with Gasteiger partial charge in [-0.3, -0.25) is 4.79 Å². The van der Waals surface area contributed by atoms with E-state index in [-0.39, 0.29) is 6.42 Å². The number of aliphatic carboxylic acids is 1. The number of carbonyl (C=O) groups is 1. The standard InChI is InChI=1S/C20H23N3O3/c1-15-4-3-10-23-13-17(21-20(15)23)14-26-18-7-5-16(6-8-18)12-22(2)11-9-19(24)25/h3-8,10,13H,9,11-12,14H2,1-2H3,(H,24,25). The number of hydrogen-bond acceptors (Lipinski definition) is 4. The molecule has 2 heterocycles. The van der Waals surface area contributed by atoms with Crippen LogP contribution < -0.4 is 4.74 Å². The number of carboxylic acids is 1. The maximum Gasteiger partial charge on any atom is 0.304 e. The Labute approximate surface area is 152 Å². The Morgan fingerprint density at radius 2 is 2.04 bits per heavy atom. The number of imidazole rings is 1. The molecule has 0 spiro atoms. The van der Waals surface area contributed by atoms with Crippen LogP contribution in [-0.4, -0.2) is 39.0 Å². The van der Waals surface area contributed by atoms with E-state index in [2.05, 4.69) is 4.98 Å². The highest BCUT2D eigenvalue weighted by Crippen LogP contribution is 2.16. The van der Waals surface area contributed by atoms with Crippen LogP contribution in [0.15, 0.2) is 48.8 Å². The number of aryl methyl sites for hydroxylation is 1. The summed E-state index contributed by atoms with van der Waals surface area (Å²) in [6.45, 7) is 3.69. The second kappa shape index (κ2) is 8.01. The van der Waals surface area contributed by atoms with E-state index in [9.17, 15) is 4.79 Å². The van der Waals surface area contributed by atoms with Gasteiger partial charge in [0.05, 0.1) is 12.1 Å². The topological polar surface area (TPSA) is 67.1 Å². The van der Waals surface area contributed by atoms with Crippen molar-refractivity contribution < 1.29 is 14.6 Å². The van der Waals surface area contributed by atoms with Crippen LogP contribution in [0.1, 0.15) is 23.2 Å². The molecule has 0 atom stereocenters. The first-order chi connectivity index (χ1) is 12.5. The average Bonchev–Trinajstić information content (AvgIpc) is 3.04. The summed E-state index contributed by atoms with van der Waals surface area (Å²) < 4.78 is 7.84. The molecular formula is C20H23N3O3. The first kappa shape index (κ1) is 17.9. The smallest absolute Gasteiger partial charge is 0.304 e. The van der Waals surface area contributed by atoms with E-state index >= 15 is 0 Å². The molecule has 3 aromatic rings. The molecule has 0 unspecified atom stereocenters. The number of fused-ring (bicyclic) bond motifs is 1. The maximum absolute atomic E-state index is 10.6. The fourth-order valence-electron chi connectivity index (χ4n) is 2.80. The predicted molar refractivity (Wildman–Crippen MR) is 99.3 cm³/mol. The van der Waals surface area contributed by atoms with Crippen LogP contribution in [0.2, 0.25) is 0 Å². The number of rotatable bonds is 8. The van der Waals surface area contributed by atoms with Gasteiger partial charge in [-0.1, -0.05) is 18.2 Å². The van der Waals surface area contributed by atoms with E-state index in [0.29, 0.717) is 19.7 Å². The van der Waals surface area contributed by atoms with Gasteiger partial charge in [0.15, 0.2) is 0 Å². The largest absolute Gasteiger partial charge is 0.487 e. The van der Waals surface area contributed by atoms with Crippen LogP contribution in [0, 0.1) is 6.92 Å². The Bertz CT molecular complexity index is 887. The van der Waals surface area contributed by atoms with Crippen molar-refractivity contribution in [1.29, 1.82) is 0 Å². The van der Waals surface area contributed by atoms with Gasteiger partial charge in [-0.2, -0.15) is 0 Å². The van der Waals surface area contributed by atoms with Crippen molar-refractivity contribution in [2.75, 3.05) is 13.6 Å². The van der Waals surface area contributed by atoms with Gasteiger partial charge >= 0.3 is 5.97 Å². The van der Waals surface area contributed by atoms with Crippen LogP contribution in [-0.2, 0) is 17.9 Å². The molecule has 0 aliphatic rings. The molecule has 0 saturated carbocycles. The van der Waals surface area contributed by atoms with Crippen LogP contribution in [0.4, 0.5) is 0 Å². The minimum atomic E-state index is -0.775. The highest BCUT2D eigenvalue weighted by Gasteiger charge is 2.06. The first-order valence-electron chi connectivity index (χ1n) is 8.56. The number of benzene rings is 1. The fraction of sp³-hybridized carbons (Fsp3) is 0.300. The summed E-state index contributed by atoms with van der Waals surface area (Å²) in [6, 6.07) is 11.9. The Morgan fingerprint density at radius 1 is 1.27 bits per heavy atom. The monoisotopic (exact) mass is 353 g/mol. The maximum atomic E-state index is 10.6. The number of hydrogen-bond donors (Lipinski definition) is 1. The fourth-order valence-corrected chi connectivity index (χ4v) is 2.80. The molecule has 1 N–H and O–H groups in total. The lowest BCUT2D eigenvalue weighted by atomic mass is 10.2. The van der Waals surface area contributed by atoms with E-state index in [1.807, 2.05) is 72.1 Å². The number of pyridine rings is 1. The van der Waals surface area contributed by atoms with E-state index in [0.717, 1.165) is 28.2 Å². The van der Waals surface area contributed by atoms with Gasteiger partial charge in [0.1, 0.15) is 18.0 Å². The SMILES string of the molecule is Cc1cccn2cc(COc3ccc(CN(C)CCC(=O)O)cc3)nc12. The summed E-state index contributed by atoms with van der Waals surface area (Å²) in [5.74, 6) is 0.0125. The van der Waals surface area contributed by atoms with E-state index < -0.39 is 5.97 Å². The molecule has 136 valence electrons. The summed E-state index contributed by atoms with van der Waals surface area (Å²) >= 11 is 0. The molecule has 0 aliphatic heterocycles. The quantitative estimate of drug-likeness (QED) is 0.674. The Balaban J connectivity index is 1.55. The molecule has 0 amide bonds. The predicted octanol–water partition coefficient (Wildman–Crippen LogP) is 3.13. The van der Waals surface area contributed by atoms with E-state index in [1.165, 1.54) is 0 Å². The molecule has 0 radical (unpaired) electrons. The summed E-state index contributed by atoms with van der Waals surface area (Å²) in [4.78, 5) is 17.2. The van der Waals surface area contributed by atoms with Crippen molar-refractivity contribution in [2.24, 2.45) is 0 Å². The van der Waals surface area contributed by atoms with Crippen molar-refractivity contribution in [2.45, 2.75) is 26.5 Å². The number of nitrogens with zero attached hydrogens (tertiary/aromatic N) is 3. The van der Waals surface area contributed by atoms with Gasteiger partial charge in [0.2, 0.25) is 0 Å². The van der Waals surface area contributed by atoms with Crippen LogP contribution in [0.25, 0.3) is 5.65 Å². The lowest BCUT2D eigenvalue weighted by Crippen LogP contribution is -2.21. The highest BCUT2D eigenvalue weighted by molar-refractivity contribution is 5.66. The molecule has 1 aromatic carbocycles. The Kier molecular flexibility index (Phi) is 5.53. The zero-order valence-corrected chi connectivity index (χ0v) is 15.1. The normalized spacial score (nSPS) is 11.2. The van der Waals surface area contributed by atoms with Crippen molar-refractivity contribution >= 4 is 11.6 Å². The third-order valence-corrected chi connectivity index (χ3v) is 4.20. The van der Waals surface area contributed by atoms with Gasteiger partial charge in [-0.15, -0.1) is 0 Å². The van der Waals surface area contributed by atoms with Gasteiger partial charge in [0.25, 0.3) is 0 Å². The first-order valence-corrected chi connectivity index (χ1v) is 8.56. The third-order valence-electron chi connectivity index (χ3n) is 4.20. The minimum Gasteiger partial charge on any atom is -0.487 e. The zero-order valence-electron chi connectivity index (χ0n) is 15.1. The van der Waals surface area contributed by atoms with Crippen LogP contribution >= 0.6 is 0 Å². The van der Waals surface area contributed by atoms with Gasteiger partial charge in [-0.25, -0.2) is 4.98 Å². The van der Waals surface area contributed by atoms with Gasteiger partial charge in [0, 0.05) is 25.5 Å². The second-order valence-electron chi connectivity index (χ2n) is 6.47. The summed E-state index contributed by atoms with van der Waals surface area (Å²) in [5.41, 5.74) is 4.09. The van der Waals surface area contributed by atoms with Gasteiger partial charge in [-0.05, 0) is 43.3 Å². The van der Waals surface area contributed by atoms with Crippen molar-refractivity contribution in [3.05, 3.63) is 65.6 Å². The lowest BCUT2D eigenvalue weighted by molar-refractivity contribution is -0.137. The second-order valence-corrected chi connectivity index (χ2v) is 6.47.